The molecular formula is C22H20N4O7S. The number of hydrazone groups is 1. The van der Waals surface area contributed by atoms with Gasteiger partial charge in [-0.1, -0.05) is 6.07 Å². The van der Waals surface area contributed by atoms with Crippen LogP contribution in [-0.2, 0) is 14.8 Å². The number of morpholine rings is 1. The van der Waals surface area contributed by atoms with Crippen LogP contribution < -0.4 is 5.43 Å². The Kier molecular flexibility index (Phi) is 6.82. The first kappa shape index (κ1) is 23.3. The number of nitro benzene ring substituents is 1. The van der Waals surface area contributed by atoms with Crippen molar-refractivity contribution in [3.63, 3.8) is 0 Å². The summed E-state index contributed by atoms with van der Waals surface area (Å²) in [6, 6.07) is 14.9. The van der Waals surface area contributed by atoms with E-state index in [1.165, 1.54) is 46.9 Å². The number of nitrogens with zero attached hydrogens (tertiary/aromatic N) is 3. The molecule has 2 aromatic carbocycles. The van der Waals surface area contributed by atoms with E-state index in [0.29, 0.717) is 30.3 Å². The molecule has 176 valence electrons. The van der Waals surface area contributed by atoms with Gasteiger partial charge in [0.1, 0.15) is 11.5 Å². The molecule has 4 rings (SSSR count). The molecule has 11 nitrogen and oxygen atoms in total. The number of sulfonamides is 1. The van der Waals surface area contributed by atoms with Crippen LogP contribution in [0.25, 0.3) is 11.3 Å². The van der Waals surface area contributed by atoms with Crippen LogP contribution in [0.5, 0.6) is 0 Å². The van der Waals surface area contributed by atoms with E-state index in [1.54, 1.807) is 24.3 Å². The Balaban J connectivity index is 1.41. The summed E-state index contributed by atoms with van der Waals surface area (Å²) < 4.78 is 37.7. The number of nitrogens with one attached hydrogen (secondary N) is 1. The van der Waals surface area contributed by atoms with Crippen molar-refractivity contribution < 1.29 is 27.3 Å². The molecular weight excluding hydrogens is 464 g/mol. The SMILES string of the molecule is O=C(NN=Cc1ccc(-c2ccc([N+](=O)[O-])cc2)o1)c1cccc(S(=O)(=O)N2CCOCC2)c1. The lowest BCUT2D eigenvalue weighted by Crippen LogP contribution is -2.40. The zero-order valence-corrected chi connectivity index (χ0v) is 18.6. The van der Waals surface area contributed by atoms with Crippen LogP contribution in [0.4, 0.5) is 5.69 Å². The summed E-state index contributed by atoms with van der Waals surface area (Å²) >= 11 is 0. The van der Waals surface area contributed by atoms with E-state index in [9.17, 15) is 23.3 Å². The number of carbonyl (C=O) groups excluding carboxylic acids is 1. The number of hydrogen-bond acceptors (Lipinski definition) is 8. The van der Waals surface area contributed by atoms with Crippen molar-refractivity contribution in [2.24, 2.45) is 5.10 Å². The first-order chi connectivity index (χ1) is 16.3. The van der Waals surface area contributed by atoms with Crippen LogP contribution in [-0.4, -0.2) is 56.1 Å². The monoisotopic (exact) mass is 484 g/mol. The van der Waals surface area contributed by atoms with Gasteiger partial charge in [0, 0.05) is 36.3 Å². The number of furan rings is 1. The minimum absolute atomic E-state index is 0.0183. The number of amides is 1. The van der Waals surface area contributed by atoms with E-state index in [-0.39, 0.29) is 29.2 Å². The quantitative estimate of drug-likeness (QED) is 0.308. The van der Waals surface area contributed by atoms with Gasteiger partial charge in [-0.3, -0.25) is 14.9 Å². The first-order valence-electron chi connectivity index (χ1n) is 10.2. The van der Waals surface area contributed by atoms with Gasteiger partial charge in [-0.25, -0.2) is 13.8 Å². The number of benzene rings is 2. The molecule has 1 saturated heterocycles. The van der Waals surface area contributed by atoms with E-state index >= 15 is 0 Å². The minimum Gasteiger partial charge on any atom is -0.455 e. The fourth-order valence-corrected chi connectivity index (χ4v) is 4.73. The van der Waals surface area contributed by atoms with Crippen molar-refractivity contribution >= 4 is 27.8 Å². The van der Waals surface area contributed by atoms with Gasteiger partial charge in [0.15, 0.2) is 0 Å². The standard InChI is InChI=1S/C22H20N4O7S/c27-22(17-2-1-3-20(14-17)34(30,31)25-10-12-32-13-11-25)24-23-15-19-8-9-21(33-19)16-4-6-18(7-5-16)26(28)29/h1-9,14-15H,10-13H2,(H,24,27). The Morgan fingerprint density at radius 2 is 1.82 bits per heavy atom. The summed E-state index contributed by atoms with van der Waals surface area (Å²) in [6.07, 6.45) is 1.29. The van der Waals surface area contributed by atoms with Crippen molar-refractivity contribution in [3.8, 4) is 11.3 Å². The zero-order chi connectivity index (χ0) is 24.1. The fourth-order valence-electron chi connectivity index (χ4n) is 3.28. The predicted molar refractivity (Wildman–Crippen MR) is 122 cm³/mol. The maximum atomic E-state index is 12.8. The zero-order valence-electron chi connectivity index (χ0n) is 17.8. The molecule has 0 radical (unpaired) electrons. The highest BCUT2D eigenvalue weighted by atomic mass is 32.2. The molecule has 0 spiro atoms. The highest BCUT2D eigenvalue weighted by molar-refractivity contribution is 7.89. The second-order valence-electron chi connectivity index (χ2n) is 7.25. The van der Waals surface area contributed by atoms with Crippen LogP contribution in [0, 0.1) is 10.1 Å². The number of hydrogen-bond donors (Lipinski definition) is 1. The summed E-state index contributed by atoms with van der Waals surface area (Å²) in [5, 5.41) is 14.6. The van der Waals surface area contributed by atoms with E-state index in [2.05, 4.69) is 10.5 Å². The third kappa shape index (κ3) is 5.20. The number of non-ortho nitro benzene ring substituents is 1. The van der Waals surface area contributed by atoms with E-state index < -0.39 is 20.9 Å². The largest absolute Gasteiger partial charge is 0.455 e. The first-order valence-corrected chi connectivity index (χ1v) is 11.6. The Morgan fingerprint density at radius 3 is 2.53 bits per heavy atom. The summed E-state index contributed by atoms with van der Waals surface area (Å²) in [6.45, 7) is 1.17. The van der Waals surface area contributed by atoms with Gasteiger partial charge in [0.2, 0.25) is 10.0 Å². The van der Waals surface area contributed by atoms with E-state index in [0.717, 1.165) is 0 Å². The van der Waals surface area contributed by atoms with Crippen LogP contribution in [0.15, 0.2) is 75.1 Å². The molecule has 0 atom stereocenters. The topological polar surface area (TPSA) is 144 Å². The molecule has 3 aromatic rings. The summed E-state index contributed by atoms with van der Waals surface area (Å²) in [5.41, 5.74) is 3.10. The Hall–Kier alpha value is -3.87. The molecule has 0 bridgehead atoms. The molecule has 1 aliphatic rings. The molecule has 1 aliphatic heterocycles. The Bertz CT molecular complexity index is 1330. The van der Waals surface area contributed by atoms with Gasteiger partial charge >= 0.3 is 0 Å². The fraction of sp³-hybridized carbons (Fsp3) is 0.182. The predicted octanol–water partition coefficient (Wildman–Crippen LogP) is 2.64. The second-order valence-corrected chi connectivity index (χ2v) is 9.19. The van der Waals surface area contributed by atoms with Gasteiger partial charge < -0.3 is 9.15 Å². The lowest BCUT2D eigenvalue weighted by Gasteiger charge is -2.26. The third-order valence-electron chi connectivity index (χ3n) is 5.05. The van der Waals surface area contributed by atoms with E-state index in [4.69, 9.17) is 9.15 Å². The normalized spacial score (nSPS) is 14.8. The van der Waals surface area contributed by atoms with Crippen LogP contribution in [0.3, 0.4) is 0 Å². The third-order valence-corrected chi connectivity index (χ3v) is 6.95. The van der Waals surface area contributed by atoms with Crippen molar-refractivity contribution in [2.45, 2.75) is 4.90 Å². The Morgan fingerprint density at radius 1 is 1.09 bits per heavy atom. The summed E-state index contributed by atoms with van der Waals surface area (Å²) in [4.78, 5) is 22.8. The Labute approximate surface area is 194 Å². The van der Waals surface area contributed by atoms with E-state index in [1.807, 2.05) is 0 Å². The molecule has 0 aliphatic carbocycles. The average molecular weight is 484 g/mol. The van der Waals surface area contributed by atoms with Crippen molar-refractivity contribution in [1.82, 2.24) is 9.73 Å². The van der Waals surface area contributed by atoms with Crippen LogP contribution in [0.1, 0.15) is 16.1 Å². The highest BCUT2D eigenvalue weighted by Gasteiger charge is 2.26. The molecule has 1 amide bonds. The molecule has 34 heavy (non-hydrogen) atoms. The molecule has 0 unspecified atom stereocenters. The molecule has 1 fully saturated rings. The second kappa shape index (κ2) is 9.95. The van der Waals surface area contributed by atoms with Crippen molar-refractivity contribution in [1.29, 1.82) is 0 Å². The van der Waals surface area contributed by atoms with Gasteiger partial charge in [-0.15, -0.1) is 0 Å². The maximum absolute atomic E-state index is 12.8. The van der Waals surface area contributed by atoms with Crippen LogP contribution in [0.2, 0.25) is 0 Å². The van der Waals surface area contributed by atoms with Gasteiger partial charge in [0.25, 0.3) is 11.6 Å². The van der Waals surface area contributed by atoms with Gasteiger partial charge in [-0.05, 0) is 42.5 Å². The lowest BCUT2D eigenvalue weighted by atomic mass is 10.1. The van der Waals surface area contributed by atoms with Crippen molar-refractivity contribution in [3.05, 3.63) is 82.1 Å². The van der Waals surface area contributed by atoms with Gasteiger partial charge in [0.05, 0.1) is 29.2 Å². The average Bonchev–Trinajstić information content (AvgIpc) is 3.33. The van der Waals surface area contributed by atoms with Gasteiger partial charge in [-0.2, -0.15) is 9.41 Å². The minimum atomic E-state index is -3.73. The molecule has 1 N–H and O–H groups in total. The number of ether oxygens (including phenoxy) is 1. The van der Waals surface area contributed by atoms with Crippen molar-refractivity contribution in [2.75, 3.05) is 26.3 Å². The highest BCUT2D eigenvalue weighted by Crippen LogP contribution is 2.24. The number of carbonyl (C=O) groups is 1. The van der Waals surface area contributed by atoms with Crippen LogP contribution >= 0.6 is 0 Å². The smallest absolute Gasteiger partial charge is 0.271 e. The molecule has 2 heterocycles. The summed E-state index contributed by atoms with van der Waals surface area (Å²) in [5.74, 6) is 0.235. The molecule has 12 heteroatoms. The number of rotatable bonds is 7. The summed E-state index contributed by atoms with van der Waals surface area (Å²) in [7, 11) is -3.73. The molecule has 1 aromatic heterocycles. The maximum Gasteiger partial charge on any atom is 0.271 e. The molecule has 0 saturated carbocycles. The lowest BCUT2D eigenvalue weighted by molar-refractivity contribution is -0.384. The number of nitro groups is 1.